The van der Waals surface area contributed by atoms with Crippen molar-refractivity contribution in [2.75, 3.05) is 6.61 Å². The number of hydrogen-bond acceptors (Lipinski definition) is 2. The molecule has 0 aliphatic carbocycles. The third-order valence-electron chi connectivity index (χ3n) is 2.41. The Morgan fingerprint density at radius 3 is 3.31 bits per heavy atom. The molecule has 0 aromatic carbocycles. The van der Waals surface area contributed by atoms with Crippen LogP contribution in [0.4, 0.5) is 0 Å². The molecule has 0 amide bonds. The van der Waals surface area contributed by atoms with E-state index in [1.165, 1.54) is 0 Å². The molecule has 0 N–H and O–H groups in total. The smallest absolute Gasteiger partial charge is 0.166 e. The quantitative estimate of drug-likeness (QED) is 0.658. The Labute approximate surface area is 77.3 Å². The predicted molar refractivity (Wildman–Crippen MR) is 48.8 cm³/mol. The van der Waals surface area contributed by atoms with Crippen LogP contribution in [0, 0.1) is 0 Å². The van der Waals surface area contributed by atoms with E-state index < -0.39 is 0 Å². The topological polar surface area (TPSA) is 31.2 Å². The largest absolute Gasteiger partial charge is 0.376 e. The fourth-order valence-corrected chi connectivity index (χ4v) is 1.71. The van der Waals surface area contributed by atoms with E-state index >= 15 is 0 Å². The second kappa shape index (κ2) is 3.75. The summed E-state index contributed by atoms with van der Waals surface area (Å²) in [6.07, 6.45) is 5.35. The molecule has 0 bridgehead atoms. The molecule has 3 nitrogen and oxygen atoms in total. The maximum atomic E-state index is 10.6. The van der Waals surface area contributed by atoms with Crippen LogP contribution in [0.3, 0.4) is 0 Å². The molecular weight excluding hydrogens is 166 g/mol. The van der Waals surface area contributed by atoms with Crippen LogP contribution in [0.25, 0.3) is 0 Å². The van der Waals surface area contributed by atoms with Gasteiger partial charge in [-0.25, -0.2) is 0 Å². The summed E-state index contributed by atoms with van der Waals surface area (Å²) in [5, 5.41) is 0. The minimum Gasteiger partial charge on any atom is -0.376 e. The summed E-state index contributed by atoms with van der Waals surface area (Å²) in [5.41, 5.74) is 0.732. The molecule has 1 atom stereocenters. The highest BCUT2D eigenvalue weighted by molar-refractivity contribution is 5.72. The van der Waals surface area contributed by atoms with Gasteiger partial charge in [0.25, 0.3) is 0 Å². The van der Waals surface area contributed by atoms with Gasteiger partial charge in [0.05, 0.1) is 11.8 Å². The molecule has 1 saturated heterocycles. The molecule has 13 heavy (non-hydrogen) atoms. The normalized spacial score (nSPS) is 22.0. The zero-order chi connectivity index (χ0) is 9.10. The Balaban J connectivity index is 2.03. The van der Waals surface area contributed by atoms with Gasteiger partial charge < -0.3 is 9.30 Å². The molecule has 0 saturated carbocycles. The standard InChI is InChI=1S/C10H13NO2/c12-8-9-3-1-5-11(9)7-10-4-2-6-13-10/h1,3,5,8,10H,2,4,6-7H2/t10-/m0/s1. The van der Waals surface area contributed by atoms with Gasteiger partial charge in [-0.05, 0) is 25.0 Å². The minimum atomic E-state index is 0.297. The van der Waals surface area contributed by atoms with Crippen molar-refractivity contribution in [2.45, 2.75) is 25.5 Å². The first kappa shape index (κ1) is 8.51. The van der Waals surface area contributed by atoms with Gasteiger partial charge in [0.15, 0.2) is 6.29 Å². The van der Waals surface area contributed by atoms with Crippen LogP contribution in [-0.2, 0) is 11.3 Å². The Kier molecular flexibility index (Phi) is 2.45. The van der Waals surface area contributed by atoms with E-state index in [0.29, 0.717) is 6.10 Å². The number of rotatable bonds is 3. The lowest BCUT2D eigenvalue weighted by Crippen LogP contribution is -2.15. The number of hydrogen-bond donors (Lipinski definition) is 0. The zero-order valence-corrected chi connectivity index (χ0v) is 7.48. The summed E-state index contributed by atoms with van der Waals surface area (Å²) < 4.78 is 7.44. The maximum Gasteiger partial charge on any atom is 0.166 e. The SMILES string of the molecule is O=Cc1cccn1C[C@@H]1CCCO1. The van der Waals surface area contributed by atoms with Crippen LogP contribution in [0.5, 0.6) is 0 Å². The van der Waals surface area contributed by atoms with Crippen LogP contribution in [0.1, 0.15) is 23.3 Å². The Bertz CT molecular complexity index is 287. The van der Waals surface area contributed by atoms with E-state index in [1.807, 2.05) is 22.9 Å². The average molecular weight is 179 g/mol. The van der Waals surface area contributed by atoms with E-state index in [2.05, 4.69) is 0 Å². The fourth-order valence-electron chi connectivity index (χ4n) is 1.71. The van der Waals surface area contributed by atoms with Gasteiger partial charge in [0.2, 0.25) is 0 Å². The molecule has 0 spiro atoms. The summed E-state index contributed by atoms with van der Waals surface area (Å²) in [5.74, 6) is 0. The molecule has 1 aliphatic heterocycles. The lowest BCUT2D eigenvalue weighted by atomic mass is 10.2. The van der Waals surface area contributed by atoms with E-state index in [4.69, 9.17) is 4.74 Å². The fraction of sp³-hybridized carbons (Fsp3) is 0.500. The van der Waals surface area contributed by atoms with Gasteiger partial charge in [0.1, 0.15) is 0 Å². The van der Waals surface area contributed by atoms with Crippen molar-refractivity contribution in [1.29, 1.82) is 0 Å². The van der Waals surface area contributed by atoms with Gasteiger partial charge in [-0.15, -0.1) is 0 Å². The highest BCUT2D eigenvalue weighted by Gasteiger charge is 2.16. The van der Waals surface area contributed by atoms with Crippen LogP contribution in [0.2, 0.25) is 0 Å². The monoisotopic (exact) mass is 179 g/mol. The number of ether oxygens (including phenoxy) is 1. The summed E-state index contributed by atoms with van der Waals surface area (Å²) in [7, 11) is 0. The molecule has 3 heteroatoms. The van der Waals surface area contributed by atoms with Crippen molar-refractivity contribution >= 4 is 6.29 Å². The molecule has 2 rings (SSSR count). The highest BCUT2D eigenvalue weighted by Crippen LogP contribution is 2.14. The van der Waals surface area contributed by atoms with E-state index in [1.54, 1.807) is 0 Å². The first-order chi connectivity index (χ1) is 6.40. The van der Waals surface area contributed by atoms with Gasteiger partial charge in [-0.2, -0.15) is 0 Å². The average Bonchev–Trinajstić information content (AvgIpc) is 2.76. The van der Waals surface area contributed by atoms with Gasteiger partial charge in [-0.1, -0.05) is 0 Å². The van der Waals surface area contributed by atoms with E-state index in [0.717, 1.165) is 38.0 Å². The highest BCUT2D eigenvalue weighted by atomic mass is 16.5. The first-order valence-electron chi connectivity index (χ1n) is 4.62. The van der Waals surface area contributed by atoms with Gasteiger partial charge in [0, 0.05) is 19.3 Å². The van der Waals surface area contributed by atoms with E-state index in [-0.39, 0.29) is 0 Å². The maximum absolute atomic E-state index is 10.6. The van der Waals surface area contributed by atoms with Crippen LogP contribution in [-0.4, -0.2) is 23.6 Å². The number of aldehydes is 1. The molecule has 1 fully saturated rings. The summed E-state index contributed by atoms with van der Waals surface area (Å²) in [4.78, 5) is 10.6. The Morgan fingerprint density at radius 2 is 2.62 bits per heavy atom. The van der Waals surface area contributed by atoms with Crippen molar-refractivity contribution in [3.63, 3.8) is 0 Å². The van der Waals surface area contributed by atoms with Crippen molar-refractivity contribution in [3.05, 3.63) is 24.0 Å². The predicted octanol–water partition coefficient (Wildman–Crippen LogP) is 1.48. The second-order valence-electron chi connectivity index (χ2n) is 3.34. The van der Waals surface area contributed by atoms with Crippen molar-refractivity contribution < 1.29 is 9.53 Å². The summed E-state index contributed by atoms with van der Waals surface area (Å²) >= 11 is 0. The lowest BCUT2D eigenvalue weighted by molar-refractivity contribution is 0.0953. The summed E-state index contributed by atoms with van der Waals surface area (Å²) in [6, 6.07) is 3.71. The van der Waals surface area contributed by atoms with Gasteiger partial charge in [-0.3, -0.25) is 4.79 Å². The molecule has 0 radical (unpaired) electrons. The number of nitrogens with zero attached hydrogens (tertiary/aromatic N) is 1. The van der Waals surface area contributed by atoms with Crippen molar-refractivity contribution in [2.24, 2.45) is 0 Å². The Morgan fingerprint density at radius 1 is 1.69 bits per heavy atom. The van der Waals surface area contributed by atoms with Gasteiger partial charge >= 0.3 is 0 Å². The number of aromatic nitrogens is 1. The van der Waals surface area contributed by atoms with E-state index in [9.17, 15) is 4.79 Å². The second-order valence-corrected chi connectivity index (χ2v) is 3.34. The molecule has 1 aromatic rings. The van der Waals surface area contributed by atoms with Crippen molar-refractivity contribution in [3.8, 4) is 0 Å². The number of carbonyl (C=O) groups excluding carboxylic acids is 1. The molecule has 1 aromatic heterocycles. The molecule has 2 heterocycles. The molecule has 0 unspecified atom stereocenters. The molecule has 1 aliphatic rings. The molecular formula is C10H13NO2. The van der Waals surface area contributed by atoms with Crippen LogP contribution < -0.4 is 0 Å². The van der Waals surface area contributed by atoms with Crippen LogP contribution in [0.15, 0.2) is 18.3 Å². The number of carbonyl (C=O) groups is 1. The zero-order valence-electron chi connectivity index (χ0n) is 7.48. The minimum absolute atomic E-state index is 0.297. The third kappa shape index (κ3) is 1.80. The van der Waals surface area contributed by atoms with Crippen molar-refractivity contribution in [1.82, 2.24) is 4.57 Å². The third-order valence-corrected chi connectivity index (χ3v) is 2.41. The molecule has 70 valence electrons. The lowest BCUT2D eigenvalue weighted by Gasteiger charge is -2.11. The summed E-state index contributed by atoms with van der Waals surface area (Å²) in [6.45, 7) is 1.67. The Hall–Kier alpha value is -1.09. The van der Waals surface area contributed by atoms with Crippen LogP contribution >= 0.6 is 0 Å². The first-order valence-corrected chi connectivity index (χ1v) is 4.62.